The molecule has 0 aromatic carbocycles. The number of aliphatic carboxylic acids is 1. The van der Waals surface area contributed by atoms with Crippen LogP contribution in [0.2, 0.25) is 0 Å². The SMILES string of the molecule is CC/C=C\C/C=C\C/C=C\C/C=C\CCC(=O)OC(COC(=O)CCCCCCCCCCCCCCCCCCCCCCCCCCC/C=C\C/C=C\CCCCCCC)COC(OCC[N+](C)(C)C)C(=O)O. The van der Waals surface area contributed by atoms with Crippen LogP contribution in [0.3, 0.4) is 0 Å². The number of esters is 2. The summed E-state index contributed by atoms with van der Waals surface area (Å²) in [6.45, 7) is 4.68. The van der Waals surface area contributed by atoms with Gasteiger partial charge in [0.25, 0.3) is 6.29 Å². The molecule has 2 unspecified atom stereocenters. The number of unbranched alkanes of at least 4 members (excludes halogenated alkanes) is 30. The van der Waals surface area contributed by atoms with E-state index in [-0.39, 0.29) is 38.6 Å². The van der Waals surface area contributed by atoms with Crippen molar-refractivity contribution >= 4 is 17.9 Å². The number of carbonyl (C=O) groups is 3. The van der Waals surface area contributed by atoms with Crippen LogP contribution in [0, 0.1) is 0 Å². The summed E-state index contributed by atoms with van der Waals surface area (Å²) >= 11 is 0. The molecule has 0 aliphatic heterocycles. The Morgan fingerprint density at radius 2 is 0.787 bits per heavy atom. The third kappa shape index (κ3) is 58.3. The average molecular weight is 1050 g/mol. The molecule has 0 spiro atoms. The van der Waals surface area contributed by atoms with Gasteiger partial charge in [0.15, 0.2) is 6.10 Å². The lowest BCUT2D eigenvalue weighted by Crippen LogP contribution is -2.40. The fourth-order valence-corrected chi connectivity index (χ4v) is 8.71. The topological polar surface area (TPSA) is 108 Å². The zero-order valence-electron chi connectivity index (χ0n) is 49.4. The summed E-state index contributed by atoms with van der Waals surface area (Å²) in [6, 6.07) is 0. The van der Waals surface area contributed by atoms with Crippen molar-refractivity contribution in [2.45, 2.75) is 283 Å². The summed E-state index contributed by atoms with van der Waals surface area (Å²) < 4.78 is 22.7. The van der Waals surface area contributed by atoms with E-state index in [1.165, 1.54) is 186 Å². The number of carboxylic acid groups (broad SMARTS) is 1. The van der Waals surface area contributed by atoms with Crippen LogP contribution >= 0.6 is 0 Å². The van der Waals surface area contributed by atoms with Gasteiger partial charge in [0.05, 0.1) is 34.4 Å². The Labute approximate surface area is 462 Å². The molecule has 0 saturated carbocycles. The Morgan fingerprint density at radius 3 is 1.19 bits per heavy atom. The van der Waals surface area contributed by atoms with E-state index in [0.717, 1.165) is 51.4 Å². The van der Waals surface area contributed by atoms with Gasteiger partial charge in [-0.05, 0) is 70.6 Å². The minimum atomic E-state index is -1.53. The summed E-state index contributed by atoms with van der Waals surface area (Å²) in [5.41, 5.74) is 0. The number of ether oxygens (including phenoxy) is 4. The molecule has 9 heteroatoms. The zero-order chi connectivity index (χ0) is 54.8. The van der Waals surface area contributed by atoms with Crippen LogP contribution in [-0.2, 0) is 33.3 Å². The van der Waals surface area contributed by atoms with Crippen molar-refractivity contribution in [1.29, 1.82) is 0 Å². The highest BCUT2D eigenvalue weighted by Gasteiger charge is 2.25. The molecule has 0 rings (SSSR count). The monoisotopic (exact) mass is 1050 g/mol. The molecule has 0 amide bonds. The fraction of sp³-hybridized carbons (Fsp3) is 0.773. The van der Waals surface area contributed by atoms with E-state index >= 15 is 0 Å². The number of hydrogen-bond donors (Lipinski definition) is 1. The highest BCUT2D eigenvalue weighted by molar-refractivity contribution is 5.71. The Hall–Kier alpha value is -3.27. The van der Waals surface area contributed by atoms with E-state index in [1.54, 1.807) is 0 Å². The quantitative estimate of drug-likeness (QED) is 0.0211. The van der Waals surface area contributed by atoms with Gasteiger partial charge < -0.3 is 28.5 Å². The van der Waals surface area contributed by atoms with Crippen LogP contribution in [0.25, 0.3) is 0 Å². The maximum atomic E-state index is 12.8. The molecule has 0 heterocycles. The van der Waals surface area contributed by atoms with Gasteiger partial charge in [-0.3, -0.25) is 9.59 Å². The number of carboxylic acids is 1. The van der Waals surface area contributed by atoms with Gasteiger partial charge in [-0.2, -0.15) is 0 Å². The highest BCUT2D eigenvalue weighted by atomic mass is 16.7. The smallest absolute Gasteiger partial charge is 0.361 e. The Morgan fingerprint density at radius 1 is 0.413 bits per heavy atom. The van der Waals surface area contributed by atoms with E-state index in [2.05, 4.69) is 74.6 Å². The Bertz CT molecular complexity index is 1460. The van der Waals surface area contributed by atoms with E-state index in [4.69, 9.17) is 18.9 Å². The lowest BCUT2D eigenvalue weighted by Gasteiger charge is -2.25. The van der Waals surface area contributed by atoms with Crippen LogP contribution in [-0.4, -0.2) is 87.4 Å². The van der Waals surface area contributed by atoms with Gasteiger partial charge in [-0.25, -0.2) is 4.79 Å². The molecule has 0 bridgehead atoms. The maximum Gasteiger partial charge on any atom is 0.361 e. The second-order valence-electron chi connectivity index (χ2n) is 22.0. The van der Waals surface area contributed by atoms with Gasteiger partial charge in [0.2, 0.25) is 0 Å². The van der Waals surface area contributed by atoms with E-state index in [1.807, 2.05) is 33.3 Å². The van der Waals surface area contributed by atoms with Crippen molar-refractivity contribution in [3.63, 3.8) is 0 Å². The minimum Gasteiger partial charge on any atom is -0.477 e. The maximum absolute atomic E-state index is 12.8. The van der Waals surface area contributed by atoms with E-state index in [0.29, 0.717) is 17.4 Å². The Balaban J connectivity index is 3.97. The van der Waals surface area contributed by atoms with Gasteiger partial charge in [-0.1, -0.05) is 260 Å². The molecular formula is C66H118NO8+. The van der Waals surface area contributed by atoms with Crippen molar-refractivity contribution in [3.8, 4) is 0 Å². The first-order chi connectivity index (χ1) is 36.6. The molecule has 434 valence electrons. The third-order valence-corrected chi connectivity index (χ3v) is 13.5. The van der Waals surface area contributed by atoms with Crippen LogP contribution in [0.1, 0.15) is 271 Å². The Kier molecular flexibility index (Phi) is 54.4. The number of carbonyl (C=O) groups excluding carboxylic acids is 2. The van der Waals surface area contributed by atoms with Crippen molar-refractivity contribution in [2.75, 3.05) is 47.5 Å². The second kappa shape index (κ2) is 56.9. The molecule has 0 aliphatic carbocycles. The van der Waals surface area contributed by atoms with Gasteiger partial charge in [-0.15, -0.1) is 0 Å². The molecule has 1 N–H and O–H groups in total. The molecule has 0 fully saturated rings. The minimum absolute atomic E-state index is 0.138. The van der Waals surface area contributed by atoms with E-state index in [9.17, 15) is 19.5 Å². The summed E-state index contributed by atoms with van der Waals surface area (Å²) in [6.07, 6.45) is 72.0. The lowest BCUT2D eigenvalue weighted by molar-refractivity contribution is -0.870. The third-order valence-electron chi connectivity index (χ3n) is 13.5. The molecule has 0 aromatic rings. The summed E-state index contributed by atoms with van der Waals surface area (Å²) in [4.78, 5) is 37.3. The van der Waals surface area contributed by atoms with Crippen LogP contribution in [0.15, 0.2) is 72.9 Å². The summed E-state index contributed by atoms with van der Waals surface area (Å²) in [7, 11) is 5.94. The molecule has 9 nitrogen and oxygen atoms in total. The molecule has 0 aliphatic rings. The predicted molar refractivity (Wildman–Crippen MR) is 318 cm³/mol. The standard InChI is InChI=1S/C66H117NO8/c1-6-8-10-12-14-16-18-20-21-22-23-24-25-26-27-28-29-30-31-32-33-34-35-36-37-38-39-40-41-42-43-45-46-48-50-52-54-56-63(68)73-60-62(61-74-66(65(70)71)72-59-58-67(3,4)5)75-64(69)57-55-53-51-49-47-44-19-17-15-13-11-9-7-2/h9,11,15,17-18,20,22-23,44,47,51,53,62,66H,6-8,10,12-14,16,19,21,24-43,45-46,48-50,52,54-61H2,1-5H3/p+1/b11-9-,17-15-,20-18-,23-22-,47-44-,53-51-. The normalized spacial score (nSPS) is 13.2. The summed E-state index contributed by atoms with van der Waals surface area (Å²) in [5.74, 6) is -2.11. The van der Waals surface area contributed by atoms with Crippen molar-refractivity contribution in [1.82, 2.24) is 0 Å². The molecule has 75 heavy (non-hydrogen) atoms. The highest BCUT2D eigenvalue weighted by Crippen LogP contribution is 2.17. The number of hydrogen-bond acceptors (Lipinski definition) is 7. The molecule has 2 atom stereocenters. The van der Waals surface area contributed by atoms with Gasteiger partial charge >= 0.3 is 17.9 Å². The van der Waals surface area contributed by atoms with Crippen molar-refractivity contribution in [3.05, 3.63) is 72.9 Å². The number of likely N-dealkylation sites (N-methyl/N-ethyl adjacent to an activating group) is 1. The van der Waals surface area contributed by atoms with Crippen LogP contribution < -0.4 is 0 Å². The van der Waals surface area contributed by atoms with Crippen LogP contribution in [0.4, 0.5) is 0 Å². The molecular weight excluding hydrogens is 935 g/mol. The lowest BCUT2D eigenvalue weighted by atomic mass is 10.0. The predicted octanol–water partition coefficient (Wildman–Crippen LogP) is 18.6. The van der Waals surface area contributed by atoms with Gasteiger partial charge in [0, 0.05) is 12.8 Å². The second-order valence-corrected chi connectivity index (χ2v) is 22.0. The number of nitrogens with zero attached hydrogens (tertiary/aromatic N) is 1. The average Bonchev–Trinajstić information content (AvgIpc) is 3.38. The fourth-order valence-electron chi connectivity index (χ4n) is 8.71. The van der Waals surface area contributed by atoms with Crippen molar-refractivity contribution < 1.29 is 42.9 Å². The summed E-state index contributed by atoms with van der Waals surface area (Å²) in [5, 5.41) is 9.68. The van der Waals surface area contributed by atoms with Gasteiger partial charge in [0.1, 0.15) is 13.2 Å². The number of rotatable bonds is 57. The van der Waals surface area contributed by atoms with Crippen LogP contribution in [0.5, 0.6) is 0 Å². The largest absolute Gasteiger partial charge is 0.477 e. The zero-order valence-corrected chi connectivity index (χ0v) is 49.4. The van der Waals surface area contributed by atoms with Crippen molar-refractivity contribution in [2.24, 2.45) is 0 Å². The number of allylic oxidation sites excluding steroid dienone is 12. The first-order valence-electron chi connectivity index (χ1n) is 31.1. The first kappa shape index (κ1) is 71.7. The number of quaternary nitrogens is 1. The van der Waals surface area contributed by atoms with E-state index < -0.39 is 24.3 Å². The first-order valence-corrected chi connectivity index (χ1v) is 31.1. The molecule has 0 saturated heterocycles. The molecule has 0 aromatic heterocycles. The molecule has 0 radical (unpaired) electrons.